The van der Waals surface area contributed by atoms with Crippen LogP contribution in [0.3, 0.4) is 0 Å². The molecule has 9 heteroatoms. The second-order valence-electron chi connectivity index (χ2n) is 7.96. The highest BCUT2D eigenvalue weighted by Gasteiger charge is 2.53. The van der Waals surface area contributed by atoms with Crippen molar-refractivity contribution in [3.63, 3.8) is 0 Å². The number of carboxylic acids is 2. The van der Waals surface area contributed by atoms with Gasteiger partial charge in [-0.3, -0.25) is 0 Å². The van der Waals surface area contributed by atoms with Crippen molar-refractivity contribution < 1.29 is 29.0 Å². The zero-order chi connectivity index (χ0) is 23.6. The second-order valence-corrected chi connectivity index (χ2v) is 7.96. The highest BCUT2D eigenvalue weighted by Crippen LogP contribution is 2.52. The Labute approximate surface area is 186 Å². The molecule has 2 aromatic rings. The first kappa shape index (κ1) is 23.2. The normalized spacial score (nSPS) is 16.1. The number of hydrogen-bond donors (Lipinski definition) is 2. The van der Waals surface area contributed by atoms with Crippen molar-refractivity contribution in [2.75, 3.05) is 20.3 Å². The average molecular weight is 441 g/mol. The second kappa shape index (κ2) is 8.96. The van der Waals surface area contributed by atoms with Crippen LogP contribution >= 0.6 is 0 Å². The van der Waals surface area contributed by atoms with Gasteiger partial charge in [0.2, 0.25) is 12.3 Å². The van der Waals surface area contributed by atoms with E-state index in [0.29, 0.717) is 35.7 Å². The predicted molar refractivity (Wildman–Crippen MR) is 116 cm³/mol. The van der Waals surface area contributed by atoms with E-state index < -0.39 is 23.3 Å². The van der Waals surface area contributed by atoms with Crippen LogP contribution in [0.2, 0.25) is 0 Å². The van der Waals surface area contributed by atoms with Crippen LogP contribution in [0, 0.1) is 5.92 Å². The van der Waals surface area contributed by atoms with E-state index in [0.717, 1.165) is 0 Å². The predicted octanol–water partition coefficient (Wildman–Crippen LogP) is 3.31. The molecule has 32 heavy (non-hydrogen) atoms. The van der Waals surface area contributed by atoms with Crippen LogP contribution in [0.4, 0.5) is 0 Å². The molecule has 1 aliphatic heterocycles. The molecule has 0 bridgehead atoms. The van der Waals surface area contributed by atoms with E-state index in [1.54, 1.807) is 50.1 Å². The summed E-state index contributed by atoms with van der Waals surface area (Å²) in [7, 11) is 1.54. The maximum atomic E-state index is 12.7. The topological polar surface area (TPSA) is 126 Å². The van der Waals surface area contributed by atoms with Crippen LogP contribution in [0.15, 0.2) is 57.6 Å². The van der Waals surface area contributed by atoms with Crippen LogP contribution in [0.5, 0.6) is 0 Å². The SMILES string of the molecule is COCCN1C(C)=C(C(=O)O)C(c2cccc(-c3nnco3)c2)(C(C)C)C(C(=O)O)=C1C. The number of benzene rings is 1. The van der Waals surface area contributed by atoms with Gasteiger partial charge in [-0.15, -0.1) is 10.2 Å². The Balaban J connectivity index is 2.40. The molecular formula is C23H27N3O6. The first-order chi connectivity index (χ1) is 15.2. The van der Waals surface area contributed by atoms with Gasteiger partial charge in [0.05, 0.1) is 23.2 Å². The van der Waals surface area contributed by atoms with Gasteiger partial charge in [-0.1, -0.05) is 26.0 Å². The van der Waals surface area contributed by atoms with Crippen LogP contribution in [-0.4, -0.2) is 57.5 Å². The van der Waals surface area contributed by atoms with Gasteiger partial charge >= 0.3 is 11.9 Å². The summed E-state index contributed by atoms with van der Waals surface area (Å²) in [5.41, 5.74) is 0.701. The Bertz CT molecular complexity index is 1050. The quantitative estimate of drug-likeness (QED) is 0.634. The van der Waals surface area contributed by atoms with Crippen molar-refractivity contribution in [1.29, 1.82) is 0 Å². The molecule has 0 amide bonds. The maximum absolute atomic E-state index is 12.7. The lowest BCUT2D eigenvalue weighted by atomic mass is 9.59. The van der Waals surface area contributed by atoms with Crippen LogP contribution < -0.4 is 0 Å². The first-order valence-electron chi connectivity index (χ1n) is 10.2. The molecule has 0 unspecified atom stereocenters. The third kappa shape index (κ3) is 3.58. The minimum atomic E-state index is -1.41. The minimum absolute atomic E-state index is 0.0225. The third-order valence-electron chi connectivity index (χ3n) is 6.06. The zero-order valence-electron chi connectivity index (χ0n) is 18.7. The fraction of sp³-hybridized carbons (Fsp3) is 0.391. The fourth-order valence-corrected chi connectivity index (χ4v) is 4.78. The van der Waals surface area contributed by atoms with Gasteiger partial charge in [-0.2, -0.15) is 0 Å². The van der Waals surface area contributed by atoms with E-state index in [4.69, 9.17) is 9.15 Å². The van der Waals surface area contributed by atoms with E-state index in [1.807, 2.05) is 13.8 Å². The lowest BCUT2D eigenvalue weighted by molar-refractivity contribution is -0.135. The Morgan fingerprint density at radius 1 is 1.16 bits per heavy atom. The fourth-order valence-electron chi connectivity index (χ4n) is 4.78. The van der Waals surface area contributed by atoms with Crippen molar-refractivity contribution >= 4 is 11.9 Å². The molecule has 170 valence electrons. The number of carboxylic acid groups (broad SMARTS) is 2. The van der Waals surface area contributed by atoms with E-state index in [2.05, 4.69) is 10.2 Å². The molecule has 1 aromatic heterocycles. The highest BCUT2D eigenvalue weighted by molar-refractivity contribution is 6.01. The number of carbonyl (C=O) groups is 2. The van der Waals surface area contributed by atoms with Gasteiger partial charge in [0.15, 0.2) is 0 Å². The van der Waals surface area contributed by atoms with E-state index in [1.165, 1.54) is 6.39 Å². The molecule has 0 radical (unpaired) electrons. The van der Waals surface area contributed by atoms with Gasteiger partial charge in [0.1, 0.15) is 0 Å². The number of aromatic nitrogens is 2. The van der Waals surface area contributed by atoms with E-state index in [-0.39, 0.29) is 17.0 Å². The zero-order valence-corrected chi connectivity index (χ0v) is 18.7. The van der Waals surface area contributed by atoms with E-state index in [9.17, 15) is 19.8 Å². The molecule has 1 aliphatic rings. The summed E-state index contributed by atoms with van der Waals surface area (Å²) in [4.78, 5) is 27.1. The van der Waals surface area contributed by atoms with Gasteiger partial charge < -0.3 is 24.3 Å². The molecule has 0 saturated heterocycles. The summed E-state index contributed by atoms with van der Waals surface area (Å²) in [6.45, 7) is 7.72. The third-order valence-corrected chi connectivity index (χ3v) is 6.06. The lowest BCUT2D eigenvalue weighted by Gasteiger charge is -2.47. The Kier molecular flexibility index (Phi) is 6.50. The summed E-state index contributed by atoms with van der Waals surface area (Å²) in [5, 5.41) is 28.4. The Hall–Kier alpha value is -3.46. The summed E-state index contributed by atoms with van der Waals surface area (Å²) in [6.07, 6.45) is 1.20. The van der Waals surface area contributed by atoms with E-state index >= 15 is 0 Å². The molecule has 1 aromatic carbocycles. The molecule has 0 atom stereocenters. The van der Waals surface area contributed by atoms with Crippen molar-refractivity contribution in [2.45, 2.75) is 33.1 Å². The summed E-state index contributed by atoms with van der Waals surface area (Å²) >= 11 is 0. The number of hydrogen-bond acceptors (Lipinski definition) is 7. The standard InChI is InChI=1S/C23H27N3O6/c1-13(2)23(17-8-6-7-16(11-17)20-25-24-12-32-20)18(21(27)28)14(3)26(9-10-31-5)15(4)19(23)22(29)30/h6-8,11-13H,9-10H2,1-5H3,(H,27,28)(H,29,30). The monoisotopic (exact) mass is 441 g/mol. The Morgan fingerprint density at radius 3 is 2.25 bits per heavy atom. The summed E-state index contributed by atoms with van der Waals surface area (Å²) < 4.78 is 10.5. The highest BCUT2D eigenvalue weighted by atomic mass is 16.5. The molecule has 0 spiro atoms. The number of ether oxygens (including phenoxy) is 1. The molecule has 2 N–H and O–H groups in total. The maximum Gasteiger partial charge on any atom is 0.334 e. The number of rotatable bonds is 8. The van der Waals surface area contributed by atoms with Crippen LogP contribution in [0.25, 0.3) is 11.5 Å². The number of allylic oxidation sites excluding steroid dienone is 2. The van der Waals surface area contributed by atoms with Crippen molar-refractivity contribution in [2.24, 2.45) is 5.92 Å². The molecule has 3 rings (SSSR count). The lowest BCUT2D eigenvalue weighted by Crippen LogP contribution is -2.49. The first-order valence-corrected chi connectivity index (χ1v) is 10.2. The number of aliphatic carboxylic acids is 2. The molecule has 2 heterocycles. The number of nitrogens with zero attached hydrogens (tertiary/aromatic N) is 3. The number of methoxy groups -OCH3 is 1. The van der Waals surface area contributed by atoms with Crippen molar-refractivity contribution in [3.8, 4) is 11.5 Å². The smallest absolute Gasteiger partial charge is 0.334 e. The molecule has 0 fully saturated rings. The van der Waals surface area contributed by atoms with Crippen molar-refractivity contribution in [1.82, 2.24) is 15.1 Å². The van der Waals surface area contributed by atoms with Gasteiger partial charge in [-0.25, -0.2) is 9.59 Å². The molecule has 0 saturated carbocycles. The minimum Gasteiger partial charge on any atom is -0.478 e. The summed E-state index contributed by atoms with van der Waals surface area (Å²) in [6, 6.07) is 6.97. The van der Waals surface area contributed by atoms with Crippen LogP contribution in [-0.2, 0) is 19.7 Å². The van der Waals surface area contributed by atoms with Gasteiger partial charge in [0.25, 0.3) is 0 Å². The molecule has 0 aliphatic carbocycles. The largest absolute Gasteiger partial charge is 0.478 e. The molecule has 9 nitrogen and oxygen atoms in total. The van der Waals surface area contributed by atoms with Crippen LogP contribution in [0.1, 0.15) is 33.3 Å². The Morgan fingerprint density at radius 2 is 1.78 bits per heavy atom. The molecular weight excluding hydrogens is 414 g/mol. The van der Waals surface area contributed by atoms with Crippen molar-refractivity contribution in [3.05, 3.63) is 58.8 Å². The van der Waals surface area contributed by atoms with Gasteiger partial charge in [-0.05, 0) is 37.5 Å². The average Bonchev–Trinajstić information content (AvgIpc) is 3.27. The van der Waals surface area contributed by atoms with Gasteiger partial charge in [0, 0.05) is 30.6 Å². The summed E-state index contributed by atoms with van der Waals surface area (Å²) in [5.74, 6) is -2.48.